The molecular weight excluding hydrogens is 580 g/mol. The molecule has 2 aliphatic rings. The number of hydrogen-bond acceptors (Lipinski definition) is 5. The van der Waals surface area contributed by atoms with Crippen LogP contribution in [0.1, 0.15) is 67.3 Å². The molecule has 0 unspecified atom stereocenters. The summed E-state index contributed by atoms with van der Waals surface area (Å²) in [5, 5.41) is 26.2. The molecule has 0 aromatic carbocycles. The lowest BCUT2D eigenvalue weighted by atomic mass is 10.00. The number of allylic oxidation sites excluding steroid dienone is 2. The highest BCUT2D eigenvalue weighted by Crippen LogP contribution is 2.32. The number of carbonyl (C=O) groups is 4. The van der Waals surface area contributed by atoms with E-state index in [1.54, 1.807) is 0 Å². The van der Waals surface area contributed by atoms with E-state index in [9.17, 15) is 29.4 Å². The molecule has 44 heavy (non-hydrogen) atoms. The largest absolute Gasteiger partial charge is 0.481 e. The normalized spacial score (nSPS) is 21.4. The fraction of sp³-hybridized carbons (Fsp3) is 0.333. The number of aliphatic carboxylic acids is 2. The van der Waals surface area contributed by atoms with Crippen LogP contribution in [-0.4, -0.2) is 50.0 Å². The third-order valence-corrected chi connectivity index (χ3v) is 8.62. The molecule has 2 aromatic rings. The van der Waals surface area contributed by atoms with Crippen LogP contribution in [0.2, 0.25) is 0 Å². The molecule has 2 atom stereocenters. The molecule has 6 N–H and O–H groups in total. The van der Waals surface area contributed by atoms with Gasteiger partial charge in [0.2, 0.25) is 5.91 Å². The molecule has 2 amide bonds. The molecule has 4 rings (SSSR count). The molecule has 0 aliphatic carbocycles. The van der Waals surface area contributed by atoms with E-state index in [4.69, 9.17) is 0 Å². The highest BCUT2D eigenvalue weighted by molar-refractivity contribution is 7.84. The van der Waals surface area contributed by atoms with Gasteiger partial charge in [-0.05, 0) is 104 Å². The average Bonchev–Trinajstić information content (AvgIpc) is 3.59. The van der Waals surface area contributed by atoms with Gasteiger partial charge in [0.1, 0.15) is 0 Å². The Morgan fingerprint density at radius 3 is 2.14 bits per heavy atom. The van der Waals surface area contributed by atoms with Gasteiger partial charge >= 0.3 is 11.9 Å². The van der Waals surface area contributed by atoms with Crippen LogP contribution in [0, 0.1) is 19.8 Å². The molecule has 0 spiro atoms. The minimum Gasteiger partial charge on any atom is -0.481 e. The van der Waals surface area contributed by atoms with Gasteiger partial charge in [0.15, 0.2) is 0 Å². The van der Waals surface area contributed by atoms with E-state index >= 15 is 0 Å². The fourth-order valence-electron chi connectivity index (χ4n) is 5.87. The molecular formula is C33H38N4O6S. The zero-order chi connectivity index (χ0) is 32.5. The topological polar surface area (TPSA) is 164 Å². The Labute approximate surface area is 260 Å². The van der Waals surface area contributed by atoms with Gasteiger partial charge in [-0.2, -0.15) is 0 Å². The number of carboxylic acids is 2. The van der Waals surface area contributed by atoms with Crippen molar-refractivity contribution in [3.05, 3.63) is 84.3 Å². The standard InChI is InChI=1S/C33H38N4O6S/c1-7-20-15(2)25(36-33(20)43)12-23-16(3)21(8-10-29(38)39)26(34-23)14-27-22(9-11-30(40)41)17(4)24(35-27)13-28-31(19(6)44)18(5)32(42)37-28/h7,12-14,18,25,34-35,44H,1,8-11H2,2-6H3,(H,36,43)(H,37,42)(H,38,39)(H,40,41)/b23-12+,26-14-,28-13-,31-19+/t18-,25+/m1/s1. The minimum atomic E-state index is -0.931. The summed E-state index contributed by atoms with van der Waals surface area (Å²) >= 11 is 4.50. The molecule has 1 saturated heterocycles. The second kappa shape index (κ2) is 13.0. The minimum absolute atomic E-state index is 0.0816. The molecule has 4 heterocycles. The summed E-state index contributed by atoms with van der Waals surface area (Å²) in [6.45, 7) is 13.0. The lowest BCUT2D eigenvalue weighted by Gasteiger charge is -2.06. The second-order valence-electron chi connectivity index (χ2n) is 11.2. The van der Waals surface area contributed by atoms with Gasteiger partial charge in [0.25, 0.3) is 5.91 Å². The smallest absolute Gasteiger partial charge is 0.303 e. The van der Waals surface area contributed by atoms with E-state index < -0.39 is 11.9 Å². The first-order valence-electron chi connectivity index (χ1n) is 14.4. The Hall–Kier alpha value is -4.51. The van der Waals surface area contributed by atoms with Crippen molar-refractivity contribution in [1.29, 1.82) is 0 Å². The average molecular weight is 619 g/mol. The van der Waals surface area contributed by atoms with Gasteiger partial charge in [-0.1, -0.05) is 12.7 Å². The number of carbonyl (C=O) groups excluding carboxylic acids is 2. The molecule has 1 fully saturated rings. The molecule has 2 aliphatic heterocycles. The first-order valence-corrected chi connectivity index (χ1v) is 14.8. The number of carboxylic acid groups (broad SMARTS) is 2. The summed E-state index contributed by atoms with van der Waals surface area (Å²) in [6.07, 6.45) is 7.50. The van der Waals surface area contributed by atoms with Crippen molar-refractivity contribution in [3.63, 3.8) is 0 Å². The van der Waals surface area contributed by atoms with Crippen molar-refractivity contribution in [2.45, 2.75) is 66.3 Å². The lowest BCUT2D eigenvalue weighted by Crippen LogP contribution is -2.29. The van der Waals surface area contributed by atoms with E-state index in [-0.39, 0.29) is 49.5 Å². The Morgan fingerprint density at radius 2 is 1.57 bits per heavy atom. The third kappa shape index (κ3) is 6.52. The van der Waals surface area contributed by atoms with Crippen LogP contribution in [0.25, 0.3) is 18.2 Å². The SMILES string of the molecule is C=CC1=C(C)[C@H](/C=c2/[nH]/c(=C\c3[nH]c(/C=C4\NC(=O)[C@H](C)\C4=C(\C)S)c(C)c3CCC(=O)O)c(CCC(=O)O)c2C)NC1=O. The zero-order valence-corrected chi connectivity index (χ0v) is 26.4. The summed E-state index contributed by atoms with van der Waals surface area (Å²) < 4.78 is 0. The number of aromatic nitrogens is 2. The number of amides is 2. The van der Waals surface area contributed by atoms with Crippen molar-refractivity contribution in [2.24, 2.45) is 5.92 Å². The van der Waals surface area contributed by atoms with Crippen molar-refractivity contribution in [3.8, 4) is 0 Å². The number of aromatic amines is 2. The van der Waals surface area contributed by atoms with Crippen LogP contribution >= 0.6 is 12.6 Å². The Bertz CT molecular complexity index is 1800. The molecule has 232 valence electrons. The second-order valence-corrected chi connectivity index (χ2v) is 11.9. The quantitative estimate of drug-likeness (QED) is 0.203. The lowest BCUT2D eigenvalue weighted by molar-refractivity contribution is -0.138. The van der Waals surface area contributed by atoms with E-state index in [0.29, 0.717) is 28.0 Å². The van der Waals surface area contributed by atoms with Gasteiger partial charge in [-0.3, -0.25) is 19.2 Å². The van der Waals surface area contributed by atoms with Gasteiger partial charge < -0.3 is 30.8 Å². The number of nitrogens with one attached hydrogen (secondary N) is 4. The maximum absolute atomic E-state index is 12.5. The maximum Gasteiger partial charge on any atom is 0.303 e. The molecule has 0 bridgehead atoms. The summed E-state index contributed by atoms with van der Waals surface area (Å²) in [4.78, 5) is 55.4. The van der Waals surface area contributed by atoms with E-state index in [1.807, 2.05) is 52.8 Å². The number of thiol groups is 1. The van der Waals surface area contributed by atoms with Gasteiger partial charge in [0.05, 0.1) is 12.0 Å². The summed E-state index contributed by atoms with van der Waals surface area (Å²) in [5.41, 5.74) is 7.46. The summed E-state index contributed by atoms with van der Waals surface area (Å²) in [7, 11) is 0. The van der Waals surface area contributed by atoms with Crippen molar-refractivity contribution in [1.82, 2.24) is 20.6 Å². The molecule has 0 saturated carbocycles. The summed E-state index contributed by atoms with van der Waals surface area (Å²) in [5.74, 6) is -2.54. The van der Waals surface area contributed by atoms with Crippen LogP contribution in [-0.2, 0) is 32.0 Å². The third-order valence-electron chi connectivity index (χ3n) is 8.38. The van der Waals surface area contributed by atoms with Gasteiger partial charge in [0, 0.05) is 46.2 Å². The van der Waals surface area contributed by atoms with E-state index in [0.717, 1.165) is 43.7 Å². The first-order chi connectivity index (χ1) is 20.7. The highest BCUT2D eigenvalue weighted by Gasteiger charge is 2.31. The number of hydrogen-bond donors (Lipinski definition) is 7. The first kappa shape index (κ1) is 32.4. The van der Waals surface area contributed by atoms with Crippen LogP contribution in [0.4, 0.5) is 0 Å². The molecule has 10 nitrogen and oxygen atoms in total. The molecule has 11 heteroatoms. The summed E-state index contributed by atoms with van der Waals surface area (Å²) in [6, 6.07) is -0.355. The van der Waals surface area contributed by atoms with E-state index in [2.05, 4.69) is 39.8 Å². The van der Waals surface area contributed by atoms with Crippen LogP contribution in [0.5, 0.6) is 0 Å². The van der Waals surface area contributed by atoms with Crippen LogP contribution in [0.3, 0.4) is 0 Å². The number of rotatable bonds is 10. The van der Waals surface area contributed by atoms with Gasteiger partial charge in [-0.15, -0.1) is 12.6 Å². The molecule has 0 radical (unpaired) electrons. The number of H-pyrrole nitrogens is 2. The van der Waals surface area contributed by atoms with Crippen molar-refractivity contribution < 1.29 is 29.4 Å². The Morgan fingerprint density at radius 1 is 0.932 bits per heavy atom. The van der Waals surface area contributed by atoms with E-state index in [1.165, 1.54) is 6.08 Å². The Kier molecular flexibility index (Phi) is 9.58. The maximum atomic E-state index is 12.5. The Balaban J connectivity index is 1.91. The zero-order valence-electron chi connectivity index (χ0n) is 25.5. The van der Waals surface area contributed by atoms with Crippen LogP contribution in [0.15, 0.2) is 40.0 Å². The van der Waals surface area contributed by atoms with Crippen LogP contribution < -0.4 is 21.3 Å². The molecule has 2 aromatic heterocycles. The highest BCUT2D eigenvalue weighted by atomic mass is 32.1. The van der Waals surface area contributed by atoms with Crippen molar-refractivity contribution in [2.75, 3.05) is 0 Å². The predicted octanol–water partition coefficient (Wildman–Crippen LogP) is 2.91. The predicted molar refractivity (Wildman–Crippen MR) is 172 cm³/mol. The van der Waals surface area contributed by atoms with Gasteiger partial charge in [-0.25, -0.2) is 0 Å². The fourth-order valence-corrected chi connectivity index (χ4v) is 6.18. The monoisotopic (exact) mass is 618 g/mol. The van der Waals surface area contributed by atoms with Crippen molar-refractivity contribution >= 4 is 54.6 Å².